The van der Waals surface area contributed by atoms with Gasteiger partial charge in [-0.3, -0.25) is 4.79 Å². The second-order valence-electron chi connectivity index (χ2n) is 4.06. The summed E-state index contributed by atoms with van der Waals surface area (Å²) in [5.74, 6) is -1.56. The number of nitrogens with zero attached hydrogens (tertiary/aromatic N) is 1. The van der Waals surface area contributed by atoms with Crippen LogP contribution in [0.2, 0.25) is 0 Å². The molecule has 0 spiro atoms. The highest BCUT2D eigenvalue weighted by Gasteiger charge is 2.29. The van der Waals surface area contributed by atoms with E-state index in [9.17, 15) is 14.7 Å². The van der Waals surface area contributed by atoms with E-state index in [0.717, 1.165) is 15.2 Å². The summed E-state index contributed by atoms with van der Waals surface area (Å²) >= 11 is 3.43. The zero-order chi connectivity index (χ0) is 12.9. The zero-order valence-corrected chi connectivity index (χ0v) is 10.7. The summed E-state index contributed by atoms with van der Waals surface area (Å²) < 4.78 is 0.881. The highest BCUT2D eigenvalue weighted by molar-refractivity contribution is 9.10. The number of hydrogen-bond donors (Lipinski definition) is 0. The van der Waals surface area contributed by atoms with Crippen molar-refractivity contribution in [2.24, 2.45) is 0 Å². The van der Waals surface area contributed by atoms with E-state index in [1.165, 1.54) is 4.90 Å². The lowest BCUT2D eigenvalue weighted by Crippen LogP contribution is -2.39. The minimum Gasteiger partial charge on any atom is -0.548 e. The standard InChI is InChI=1S/C13H8BrNO3/c14-9-4-5-10-12-7(9)2-1-3-8(12)13(18)15(10)6-11(16)17/h1-5H,6H2,(H,16,17)/p-1. The molecule has 0 radical (unpaired) electrons. The number of halogens is 1. The van der Waals surface area contributed by atoms with Gasteiger partial charge < -0.3 is 14.8 Å². The molecule has 2 aromatic rings. The van der Waals surface area contributed by atoms with Gasteiger partial charge in [0.25, 0.3) is 5.91 Å². The van der Waals surface area contributed by atoms with E-state index < -0.39 is 12.5 Å². The SMILES string of the molecule is O=C([O-])CN1C(=O)c2cccc3c(Br)ccc1c23. The number of aliphatic carboxylic acids is 1. The molecule has 0 saturated carbocycles. The normalized spacial score (nSPS) is 13.4. The number of carboxylic acids is 1. The van der Waals surface area contributed by atoms with E-state index in [1.807, 2.05) is 12.1 Å². The predicted molar refractivity (Wildman–Crippen MR) is 68.3 cm³/mol. The average molecular weight is 305 g/mol. The van der Waals surface area contributed by atoms with Crippen LogP contribution in [0.25, 0.3) is 10.8 Å². The van der Waals surface area contributed by atoms with Crippen LogP contribution < -0.4 is 10.0 Å². The summed E-state index contributed by atoms with van der Waals surface area (Å²) in [6.07, 6.45) is 0. The number of carboxylic acid groups (broad SMARTS) is 1. The Hall–Kier alpha value is -1.88. The van der Waals surface area contributed by atoms with Crippen LogP contribution in [0.5, 0.6) is 0 Å². The summed E-state index contributed by atoms with van der Waals surface area (Å²) in [4.78, 5) is 24.1. The van der Waals surface area contributed by atoms with Crippen molar-refractivity contribution in [3.05, 3.63) is 40.4 Å². The fourth-order valence-electron chi connectivity index (χ4n) is 2.30. The van der Waals surface area contributed by atoms with Crippen LogP contribution in [0.4, 0.5) is 5.69 Å². The third-order valence-electron chi connectivity index (χ3n) is 3.02. The van der Waals surface area contributed by atoms with E-state index in [4.69, 9.17) is 0 Å². The Balaban J connectivity index is 2.30. The Kier molecular flexibility index (Phi) is 2.38. The molecule has 18 heavy (non-hydrogen) atoms. The summed E-state index contributed by atoms with van der Waals surface area (Å²) in [5, 5.41) is 12.4. The van der Waals surface area contributed by atoms with Crippen LogP contribution in [0.15, 0.2) is 34.8 Å². The Morgan fingerprint density at radius 3 is 2.78 bits per heavy atom. The molecule has 0 fully saturated rings. The number of hydrogen-bond acceptors (Lipinski definition) is 3. The van der Waals surface area contributed by atoms with Gasteiger partial charge in [-0.2, -0.15) is 0 Å². The molecule has 0 aliphatic carbocycles. The van der Waals surface area contributed by atoms with Crippen molar-refractivity contribution in [1.82, 2.24) is 0 Å². The monoisotopic (exact) mass is 304 g/mol. The maximum atomic E-state index is 12.1. The fraction of sp³-hybridized carbons (Fsp3) is 0.0769. The van der Waals surface area contributed by atoms with Crippen molar-refractivity contribution < 1.29 is 14.7 Å². The van der Waals surface area contributed by atoms with Crippen LogP contribution in [0.3, 0.4) is 0 Å². The van der Waals surface area contributed by atoms with Crippen molar-refractivity contribution in [2.75, 3.05) is 11.4 Å². The molecule has 0 atom stereocenters. The summed E-state index contributed by atoms with van der Waals surface area (Å²) in [6, 6.07) is 8.93. The molecule has 4 nitrogen and oxygen atoms in total. The van der Waals surface area contributed by atoms with Gasteiger partial charge in [0.2, 0.25) is 0 Å². The van der Waals surface area contributed by atoms with Crippen molar-refractivity contribution in [1.29, 1.82) is 0 Å². The third-order valence-corrected chi connectivity index (χ3v) is 3.71. The second kappa shape index (κ2) is 3.81. The van der Waals surface area contributed by atoms with Crippen LogP contribution in [0.1, 0.15) is 10.4 Å². The summed E-state index contributed by atoms with van der Waals surface area (Å²) in [7, 11) is 0. The van der Waals surface area contributed by atoms with E-state index >= 15 is 0 Å². The van der Waals surface area contributed by atoms with Crippen molar-refractivity contribution in [3.8, 4) is 0 Å². The molecular weight excluding hydrogens is 298 g/mol. The predicted octanol–water partition coefficient (Wildman–Crippen LogP) is 1.31. The van der Waals surface area contributed by atoms with Crippen molar-refractivity contribution in [2.45, 2.75) is 0 Å². The smallest absolute Gasteiger partial charge is 0.259 e. The summed E-state index contributed by atoms with van der Waals surface area (Å²) in [5.41, 5.74) is 1.16. The van der Waals surface area contributed by atoms with Gasteiger partial charge in [0.05, 0.1) is 18.2 Å². The van der Waals surface area contributed by atoms with E-state index in [2.05, 4.69) is 15.9 Å². The first-order valence-electron chi connectivity index (χ1n) is 5.32. The van der Waals surface area contributed by atoms with Crippen LogP contribution in [0, 0.1) is 0 Å². The largest absolute Gasteiger partial charge is 0.548 e. The molecule has 3 rings (SSSR count). The number of benzene rings is 2. The van der Waals surface area contributed by atoms with Gasteiger partial charge >= 0.3 is 0 Å². The Morgan fingerprint density at radius 2 is 2.06 bits per heavy atom. The molecular formula is C13H7BrNO3-. The number of amides is 1. The number of rotatable bonds is 2. The molecule has 2 aromatic carbocycles. The highest BCUT2D eigenvalue weighted by atomic mass is 79.9. The third kappa shape index (κ3) is 1.44. The van der Waals surface area contributed by atoms with Crippen molar-refractivity contribution >= 4 is 44.3 Å². The highest BCUT2D eigenvalue weighted by Crippen LogP contribution is 2.40. The molecule has 1 heterocycles. The molecule has 0 aromatic heterocycles. The molecule has 5 heteroatoms. The van der Waals surface area contributed by atoms with E-state index in [-0.39, 0.29) is 5.91 Å². The lowest BCUT2D eigenvalue weighted by molar-refractivity contribution is -0.303. The first kappa shape index (κ1) is 11.2. The molecule has 90 valence electrons. The maximum Gasteiger partial charge on any atom is 0.259 e. The number of carbonyl (C=O) groups excluding carboxylic acids is 2. The van der Waals surface area contributed by atoms with Gasteiger partial charge in [-0.05, 0) is 23.6 Å². The average Bonchev–Trinajstić information content (AvgIpc) is 2.60. The molecule has 0 bridgehead atoms. The van der Waals surface area contributed by atoms with E-state index in [0.29, 0.717) is 11.3 Å². The zero-order valence-electron chi connectivity index (χ0n) is 9.14. The molecule has 1 aliphatic heterocycles. The van der Waals surface area contributed by atoms with Gasteiger partial charge in [0.1, 0.15) is 0 Å². The quantitative estimate of drug-likeness (QED) is 0.840. The Morgan fingerprint density at radius 1 is 1.28 bits per heavy atom. The second-order valence-corrected chi connectivity index (χ2v) is 4.91. The van der Waals surface area contributed by atoms with Crippen LogP contribution >= 0.6 is 15.9 Å². The van der Waals surface area contributed by atoms with Gasteiger partial charge in [-0.25, -0.2) is 0 Å². The van der Waals surface area contributed by atoms with Gasteiger partial charge in [-0.1, -0.05) is 28.1 Å². The van der Waals surface area contributed by atoms with E-state index in [1.54, 1.807) is 18.2 Å². The van der Waals surface area contributed by atoms with Gasteiger partial charge in [0, 0.05) is 15.4 Å². The Bertz CT molecular complexity index is 696. The summed E-state index contributed by atoms with van der Waals surface area (Å²) in [6.45, 7) is -0.426. The first-order chi connectivity index (χ1) is 8.59. The molecule has 0 saturated heterocycles. The van der Waals surface area contributed by atoms with Crippen LogP contribution in [-0.4, -0.2) is 18.4 Å². The minimum atomic E-state index is -1.27. The molecule has 0 N–H and O–H groups in total. The number of carbonyl (C=O) groups is 2. The van der Waals surface area contributed by atoms with Gasteiger partial charge in [-0.15, -0.1) is 0 Å². The number of anilines is 1. The molecule has 0 unspecified atom stereocenters. The molecule has 1 aliphatic rings. The lowest BCUT2D eigenvalue weighted by Gasteiger charge is -2.18. The van der Waals surface area contributed by atoms with Gasteiger partial charge in [0.15, 0.2) is 0 Å². The minimum absolute atomic E-state index is 0.294. The Labute approximate surface area is 111 Å². The lowest BCUT2D eigenvalue weighted by atomic mass is 10.1. The molecule has 1 amide bonds. The van der Waals surface area contributed by atoms with Crippen LogP contribution in [-0.2, 0) is 4.79 Å². The van der Waals surface area contributed by atoms with Crippen molar-refractivity contribution in [3.63, 3.8) is 0 Å². The fourth-order valence-corrected chi connectivity index (χ4v) is 2.76. The maximum absolute atomic E-state index is 12.1. The first-order valence-corrected chi connectivity index (χ1v) is 6.12. The topological polar surface area (TPSA) is 60.4 Å².